The topological polar surface area (TPSA) is 54.0 Å². The summed E-state index contributed by atoms with van der Waals surface area (Å²) in [6.45, 7) is 7.53. The van der Waals surface area contributed by atoms with Gasteiger partial charge in [-0.15, -0.1) is 0 Å². The van der Waals surface area contributed by atoms with E-state index in [1.165, 1.54) is 5.56 Å². The molecule has 144 valence electrons. The van der Waals surface area contributed by atoms with Crippen molar-refractivity contribution in [3.8, 4) is 16.9 Å². The van der Waals surface area contributed by atoms with Crippen LogP contribution in [0.1, 0.15) is 6.92 Å². The fraction of sp³-hybridized carbons (Fsp3) is 0.318. The van der Waals surface area contributed by atoms with Crippen molar-refractivity contribution >= 4 is 5.97 Å². The Morgan fingerprint density at radius 3 is 1.96 bits per heavy atom. The van der Waals surface area contributed by atoms with Gasteiger partial charge in [0.2, 0.25) is 0 Å². The molecule has 0 unspecified atom stereocenters. The Morgan fingerprint density at radius 1 is 0.778 bits per heavy atom. The lowest BCUT2D eigenvalue weighted by Crippen LogP contribution is -2.14. The van der Waals surface area contributed by atoms with Crippen LogP contribution in [0, 0.1) is 0 Å². The standard InChI is InChI=1S/C22H26O5/c1-18(2)22(23)27-17-15-25-13-12-24-14-16-26-21-10-8-20(9-11-21)19-6-4-3-5-7-19/h3-11H,1,12-17H2,2H3. The lowest BCUT2D eigenvalue weighted by atomic mass is 10.1. The zero-order valence-electron chi connectivity index (χ0n) is 15.7. The van der Waals surface area contributed by atoms with Crippen molar-refractivity contribution < 1.29 is 23.7 Å². The molecule has 0 N–H and O–H groups in total. The maximum atomic E-state index is 11.1. The van der Waals surface area contributed by atoms with Gasteiger partial charge in [0.15, 0.2) is 0 Å². The summed E-state index contributed by atoms with van der Waals surface area (Å²) in [6, 6.07) is 18.2. The average Bonchev–Trinajstić information content (AvgIpc) is 2.70. The highest BCUT2D eigenvalue weighted by Crippen LogP contribution is 2.21. The summed E-state index contributed by atoms with van der Waals surface area (Å²) in [6.07, 6.45) is 0. The van der Waals surface area contributed by atoms with Crippen LogP contribution in [0.2, 0.25) is 0 Å². The first kappa shape index (κ1) is 20.7. The summed E-state index contributed by atoms with van der Waals surface area (Å²) < 4.78 is 21.3. The third kappa shape index (κ3) is 8.07. The molecule has 0 amide bonds. The van der Waals surface area contributed by atoms with E-state index in [0.29, 0.717) is 38.6 Å². The van der Waals surface area contributed by atoms with E-state index < -0.39 is 5.97 Å². The van der Waals surface area contributed by atoms with Crippen molar-refractivity contribution in [3.63, 3.8) is 0 Å². The third-order valence-electron chi connectivity index (χ3n) is 3.64. The van der Waals surface area contributed by atoms with Gasteiger partial charge in [-0.25, -0.2) is 4.79 Å². The van der Waals surface area contributed by atoms with Crippen LogP contribution in [0.3, 0.4) is 0 Å². The number of rotatable bonds is 12. The number of hydrogen-bond acceptors (Lipinski definition) is 5. The van der Waals surface area contributed by atoms with Crippen LogP contribution in [0.15, 0.2) is 66.7 Å². The molecule has 2 aromatic carbocycles. The molecule has 0 aliphatic carbocycles. The molecule has 0 aliphatic rings. The van der Waals surface area contributed by atoms with E-state index in [9.17, 15) is 4.79 Å². The highest BCUT2D eigenvalue weighted by Gasteiger charge is 2.02. The highest BCUT2D eigenvalue weighted by atomic mass is 16.6. The minimum Gasteiger partial charge on any atom is -0.491 e. The summed E-state index contributed by atoms with van der Waals surface area (Å²) in [4.78, 5) is 11.1. The number of esters is 1. The van der Waals surface area contributed by atoms with Crippen molar-refractivity contribution in [1.29, 1.82) is 0 Å². The SMILES string of the molecule is C=C(C)C(=O)OCCOCCOCCOc1ccc(-c2ccccc2)cc1. The monoisotopic (exact) mass is 370 g/mol. The zero-order valence-corrected chi connectivity index (χ0v) is 15.7. The van der Waals surface area contributed by atoms with E-state index in [4.69, 9.17) is 18.9 Å². The van der Waals surface area contributed by atoms with Gasteiger partial charge in [0.1, 0.15) is 19.0 Å². The molecule has 0 radical (unpaired) electrons. The van der Waals surface area contributed by atoms with Crippen LogP contribution in [0.5, 0.6) is 5.75 Å². The first-order chi connectivity index (χ1) is 13.2. The third-order valence-corrected chi connectivity index (χ3v) is 3.64. The highest BCUT2D eigenvalue weighted by molar-refractivity contribution is 5.86. The van der Waals surface area contributed by atoms with Gasteiger partial charge in [-0.2, -0.15) is 0 Å². The molecule has 0 heterocycles. The number of benzene rings is 2. The zero-order chi connectivity index (χ0) is 19.3. The van der Waals surface area contributed by atoms with Gasteiger partial charge in [-0.1, -0.05) is 49.0 Å². The summed E-state index contributed by atoms with van der Waals surface area (Å²) in [5.74, 6) is 0.414. The Balaban J connectivity index is 1.50. The lowest BCUT2D eigenvalue weighted by molar-refractivity contribution is -0.140. The Kier molecular flexibility index (Phi) is 9.10. The number of carbonyl (C=O) groups is 1. The molecule has 0 aliphatic heterocycles. The molecule has 2 rings (SSSR count). The maximum Gasteiger partial charge on any atom is 0.333 e. The van der Waals surface area contributed by atoms with E-state index in [1.54, 1.807) is 6.92 Å². The van der Waals surface area contributed by atoms with E-state index >= 15 is 0 Å². The maximum absolute atomic E-state index is 11.1. The molecule has 0 saturated heterocycles. The fourth-order valence-corrected chi connectivity index (χ4v) is 2.23. The predicted molar refractivity (Wildman–Crippen MR) is 105 cm³/mol. The Bertz CT molecular complexity index is 694. The van der Waals surface area contributed by atoms with Gasteiger partial charge in [0, 0.05) is 5.57 Å². The molecule has 27 heavy (non-hydrogen) atoms. The van der Waals surface area contributed by atoms with Crippen molar-refractivity contribution in [2.45, 2.75) is 6.92 Å². The first-order valence-electron chi connectivity index (χ1n) is 8.93. The molecule has 0 atom stereocenters. The van der Waals surface area contributed by atoms with Crippen molar-refractivity contribution in [1.82, 2.24) is 0 Å². The van der Waals surface area contributed by atoms with Crippen LogP contribution in [-0.4, -0.2) is 45.6 Å². The molecular formula is C22H26O5. The summed E-state index contributed by atoms with van der Waals surface area (Å²) in [5, 5.41) is 0. The number of hydrogen-bond donors (Lipinski definition) is 0. The normalized spacial score (nSPS) is 10.4. The summed E-state index contributed by atoms with van der Waals surface area (Å²) in [5.41, 5.74) is 2.72. The van der Waals surface area contributed by atoms with E-state index in [0.717, 1.165) is 11.3 Å². The Labute approximate surface area is 160 Å². The first-order valence-corrected chi connectivity index (χ1v) is 8.93. The summed E-state index contributed by atoms with van der Waals surface area (Å²) >= 11 is 0. The molecule has 0 fully saturated rings. The molecule has 0 saturated carbocycles. The van der Waals surface area contributed by atoms with Gasteiger partial charge in [0.05, 0.1) is 26.4 Å². The van der Waals surface area contributed by atoms with Crippen molar-refractivity contribution in [2.75, 3.05) is 39.6 Å². The van der Waals surface area contributed by atoms with E-state index in [1.807, 2.05) is 42.5 Å². The summed E-state index contributed by atoms with van der Waals surface area (Å²) in [7, 11) is 0. The van der Waals surface area contributed by atoms with E-state index in [2.05, 4.69) is 18.7 Å². The smallest absolute Gasteiger partial charge is 0.333 e. The van der Waals surface area contributed by atoms with Gasteiger partial charge >= 0.3 is 5.97 Å². The quantitative estimate of drug-likeness (QED) is 0.322. The second-order valence-corrected chi connectivity index (χ2v) is 5.88. The van der Waals surface area contributed by atoms with Gasteiger partial charge < -0.3 is 18.9 Å². The average molecular weight is 370 g/mol. The second-order valence-electron chi connectivity index (χ2n) is 5.88. The molecule has 2 aromatic rings. The fourth-order valence-electron chi connectivity index (χ4n) is 2.23. The minimum absolute atomic E-state index is 0.216. The van der Waals surface area contributed by atoms with Gasteiger partial charge in [0.25, 0.3) is 0 Å². The number of carbonyl (C=O) groups excluding carboxylic acids is 1. The van der Waals surface area contributed by atoms with E-state index in [-0.39, 0.29) is 6.61 Å². The second kappa shape index (κ2) is 11.9. The van der Waals surface area contributed by atoms with Gasteiger partial charge in [-0.3, -0.25) is 0 Å². The molecule has 0 bridgehead atoms. The van der Waals surface area contributed by atoms with Gasteiger partial charge in [-0.05, 0) is 30.2 Å². The van der Waals surface area contributed by atoms with Crippen LogP contribution >= 0.6 is 0 Å². The molecule has 0 aromatic heterocycles. The number of ether oxygens (including phenoxy) is 4. The van der Waals surface area contributed by atoms with Crippen LogP contribution < -0.4 is 4.74 Å². The molecular weight excluding hydrogens is 344 g/mol. The van der Waals surface area contributed by atoms with Crippen LogP contribution in [-0.2, 0) is 19.0 Å². The largest absolute Gasteiger partial charge is 0.491 e. The predicted octanol–water partition coefficient (Wildman–Crippen LogP) is 3.88. The molecule has 5 nitrogen and oxygen atoms in total. The molecule has 0 spiro atoms. The minimum atomic E-state index is -0.399. The van der Waals surface area contributed by atoms with Crippen molar-refractivity contribution in [2.24, 2.45) is 0 Å². The van der Waals surface area contributed by atoms with Crippen LogP contribution in [0.25, 0.3) is 11.1 Å². The van der Waals surface area contributed by atoms with Crippen molar-refractivity contribution in [3.05, 3.63) is 66.7 Å². The van der Waals surface area contributed by atoms with Crippen LogP contribution in [0.4, 0.5) is 0 Å². The Hall–Kier alpha value is -2.63. The molecule has 5 heteroatoms. The Morgan fingerprint density at radius 2 is 1.33 bits per heavy atom. The lowest BCUT2D eigenvalue weighted by Gasteiger charge is -2.09.